The van der Waals surface area contributed by atoms with Gasteiger partial charge in [-0.1, -0.05) is 6.07 Å². The van der Waals surface area contributed by atoms with Crippen molar-refractivity contribution in [2.45, 2.75) is 25.8 Å². The van der Waals surface area contributed by atoms with E-state index in [1.807, 2.05) is 6.92 Å². The molecule has 3 N–H and O–H groups in total. The van der Waals surface area contributed by atoms with Gasteiger partial charge < -0.3 is 10.1 Å². The summed E-state index contributed by atoms with van der Waals surface area (Å²) in [5, 5.41) is 2.52. The Balaban J connectivity index is 1.88. The third-order valence-corrected chi connectivity index (χ3v) is 3.08. The van der Waals surface area contributed by atoms with E-state index in [1.54, 1.807) is 18.2 Å². The number of hydrazine groups is 1. The average molecular weight is 291 g/mol. The van der Waals surface area contributed by atoms with Crippen LogP contribution in [0.4, 0.5) is 0 Å². The number of ether oxygens (including phenoxy) is 1. The number of benzene rings is 1. The van der Waals surface area contributed by atoms with E-state index in [0.29, 0.717) is 11.3 Å². The van der Waals surface area contributed by atoms with E-state index in [2.05, 4.69) is 16.2 Å². The summed E-state index contributed by atoms with van der Waals surface area (Å²) in [4.78, 5) is 34.7. The second-order valence-corrected chi connectivity index (χ2v) is 4.84. The van der Waals surface area contributed by atoms with Crippen LogP contribution in [-0.2, 0) is 9.59 Å². The normalized spacial score (nSPS) is 13.2. The number of nitrogens with one attached hydrogen (secondary N) is 3. The fraction of sp³-hybridized carbons (Fsp3) is 0.357. The number of aryl methyl sites for hydroxylation is 1. The maximum Gasteiger partial charge on any atom is 0.327 e. The number of hydrogen-bond acceptors (Lipinski definition) is 4. The molecule has 112 valence electrons. The second-order valence-electron chi connectivity index (χ2n) is 4.84. The van der Waals surface area contributed by atoms with Crippen molar-refractivity contribution in [2.24, 2.45) is 0 Å². The fourth-order valence-electron chi connectivity index (χ4n) is 1.68. The first-order chi connectivity index (χ1) is 10.0. The first-order valence-corrected chi connectivity index (χ1v) is 6.57. The monoisotopic (exact) mass is 291 g/mol. The molecule has 0 unspecified atom stereocenters. The molecule has 0 saturated heterocycles. The third-order valence-electron chi connectivity index (χ3n) is 3.08. The van der Waals surface area contributed by atoms with E-state index >= 15 is 0 Å². The van der Waals surface area contributed by atoms with Gasteiger partial charge in [-0.2, -0.15) is 0 Å². The molecule has 1 aromatic rings. The van der Waals surface area contributed by atoms with Gasteiger partial charge in [-0.25, -0.2) is 0 Å². The largest absolute Gasteiger partial charge is 0.496 e. The molecule has 0 aliphatic heterocycles. The van der Waals surface area contributed by atoms with Crippen molar-refractivity contribution >= 4 is 17.7 Å². The molecule has 1 saturated carbocycles. The first-order valence-electron chi connectivity index (χ1n) is 6.57. The Morgan fingerprint density at radius 3 is 2.48 bits per heavy atom. The Labute approximate surface area is 122 Å². The van der Waals surface area contributed by atoms with Crippen molar-refractivity contribution in [1.29, 1.82) is 0 Å². The highest BCUT2D eigenvalue weighted by atomic mass is 16.5. The summed E-state index contributed by atoms with van der Waals surface area (Å²) in [5.74, 6) is -1.60. The van der Waals surface area contributed by atoms with Gasteiger partial charge in [0, 0.05) is 11.6 Å². The lowest BCUT2D eigenvalue weighted by Crippen LogP contribution is -2.48. The average Bonchev–Trinajstić information content (AvgIpc) is 3.28. The first kappa shape index (κ1) is 14.8. The maximum absolute atomic E-state index is 11.9. The molecule has 0 aromatic heterocycles. The van der Waals surface area contributed by atoms with Crippen molar-refractivity contribution in [1.82, 2.24) is 16.2 Å². The van der Waals surface area contributed by atoms with Crippen molar-refractivity contribution in [3.05, 3.63) is 29.3 Å². The minimum Gasteiger partial charge on any atom is -0.496 e. The molecule has 1 aromatic carbocycles. The van der Waals surface area contributed by atoms with Gasteiger partial charge in [-0.05, 0) is 37.5 Å². The van der Waals surface area contributed by atoms with Crippen LogP contribution in [0.5, 0.6) is 5.75 Å². The summed E-state index contributed by atoms with van der Waals surface area (Å²) in [5.41, 5.74) is 5.47. The summed E-state index contributed by atoms with van der Waals surface area (Å²) < 4.78 is 5.12. The molecule has 7 nitrogen and oxygen atoms in total. The van der Waals surface area contributed by atoms with Gasteiger partial charge in [0.2, 0.25) is 0 Å². The molecule has 1 aliphatic carbocycles. The number of methoxy groups -OCH3 is 1. The molecule has 2 rings (SSSR count). The molecule has 7 heteroatoms. The fourth-order valence-corrected chi connectivity index (χ4v) is 1.68. The molecule has 0 radical (unpaired) electrons. The molecule has 0 heterocycles. The summed E-state index contributed by atoms with van der Waals surface area (Å²) in [6.45, 7) is 1.85. The highest BCUT2D eigenvalue weighted by Crippen LogP contribution is 2.19. The molecule has 0 bridgehead atoms. The minimum absolute atomic E-state index is 0.0836. The Morgan fingerprint density at radius 2 is 1.86 bits per heavy atom. The predicted molar refractivity (Wildman–Crippen MR) is 74.5 cm³/mol. The number of hydrogen-bond donors (Lipinski definition) is 3. The zero-order valence-electron chi connectivity index (χ0n) is 11.9. The second kappa shape index (κ2) is 6.25. The SMILES string of the molecule is COc1cc(C(=O)NNC(=O)C(=O)NC2CC2)ccc1C. The summed E-state index contributed by atoms with van der Waals surface area (Å²) in [6, 6.07) is 4.97. The lowest BCUT2D eigenvalue weighted by atomic mass is 10.1. The standard InChI is InChI=1S/C14H17N3O4/c1-8-3-4-9(7-11(8)21-2)12(18)16-17-14(20)13(19)15-10-5-6-10/h3-4,7,10H,5-6H2,1-2H3,(H,15,19)(H,16,18)(H,17,20). The topological polar surface area (TPSA) is 96.5 Å². The quantitative estimate of drug-likeness (QED) is 0.541. The van der Waals surface area contributed by atoms with Gasteiger partial charge in [0.25, 0.3) is 5.91 Å². The number of rotatable bonds is 3. The Kier molecular flexibility index (Phi) is 4.42. The van der Waals surface area contributed by atoms with Crippen LogP contribution < -0.4 is 20.9 Å². The zero-order chi connectivity index (χ0) is 15.4. The van der Waals surface area contributed by atoms with Crippen LogP contribution in [0.25, 0.3) is 0 Å². The van der Waals surface area contributed by atoms with Crippen LogP contribution in [0, 0.1) is 6.92 Å². The van der Waals surface area contributed by atoms with Gasteiger partial charge in [-0.15, -0.1) is 0 Å². The predicted octanol–water partition coefficient (Wildman–Crippen LogP) is 0.0432. The molecule has 0 spiro atoms. The van der Waals surface area contributed by atoms with E-state index < -0.39 is 17.7 Å². The van der Waals surface area contributed by atoms with Crippen LogP contribution in [0.15, 0.2) is 18.2 Å². The van der Waals surface area contributed by atoms with Crippen molar-refractivity contribution < 1.29 is 19.1 Å². The van der Waals surface area contributed by atoms with Crippen LogP contribution >= 0.6 is 0 Å². The Hall–Kier alpha value is -2.57. The molecular formula is C14H17N3O4. The molecule has 21 heavy (non-hydrogen) atoms. The number of amides is 3. The van der Waals surface area contributed by atoms with E-state index in [9.17, 15) is 14.4 Å². The Morgan fingerprint density at radius 1 is 1.14 bits per heavy atom. The van der Waals surface area contributed by atoms with Gasteiger partial charge in [0.1, 0.15) is 5.75 Å². The summed E-state index contributed by atoms with van der Waals surface area (Å²) in [6.07, 6.45) is 1.77. The van der Waals surface area contributed by atoms with Crippen LogP contribution in [0.2, 0.25) is 0 Å². The number of carbonyl (C=O) groups is 3. The smallest absolute Gasteiger partial charge is 0.327 e. The van der Waals surface area contributed by atoms with Crippen LogP contribution in [0.1, 0.15) is 28.8 Å². The van der Waals surface area contributed by atoms with Gasteiger partial charge in [0.05, 0.1) is 7.11 Å². The van der Waals surface area contributed by atoms with E-state index in [4.69, 9.17) is 4.74 Å². The molecular weight excluding hydrogens is 274 g/mol. The van der Waals surface area contributed by atoms with Crippen LogP contribution in [-0.4, -0.2) is 30.9 Å². The van der Waals surface area contributed by atoms with E-state index in [0.717, 1.165) is 18.4 Å². The summed E-state index contributed by atoms with van der Waals surface area (Å²) in [7, 11) is 1.51. The van der Waals surface area contributed by atoms with Gasteiger partial charge in [0.15, 0.2) is 0 Å². The molecule has 1 aliphatic rings. The van der Waals surface area contributed by atoms with E-state index in [-0.39, 0.29) is 6.04 Å². The third kappa shape index (κ3) is 3.95. The van der Waals surface area contributed by atoms with Crippen molar-refractivity contribution in [3.8, 4) is 5.75 Å². The van der Waals surface area contributed by atoms with Gasteiger partial charge >= 0.3 is 11.8 Å². The highest BCUT2D eigenvalue weighted by molar-refractivity contribution is 6.35. The molecule has 0 atom stereocenters. The Bertz CT molecular complexity index is 582. The maximum atomic E-state index is 11.9. The summed E-state index contributed by atoms with van der Waals surface area (Å²) >= 11 is 0. The lowest BCUT2D eigenvalue weighted by Gasteiger charge is -2.09. The van der Waals surface area contributed by atoms with E-state index in [1.165, 1.54) is 7.11 Å². The van der Waals surface area contributed by atoms with Crippen molar-refractivity contribution in [3.63, 3.8) is 0 Å². The van der Waals surface area contributed by atoms with Crippen LogP contribution in [0.3, 0.4) is 0 Å². The minimum atomic E-state index is -0.894. The molecule has 1 fully saturated rings. The zero-order valence-corrected chi connectivity index (χ0v) is 11.9. The lowest BCUT2D eigenvalue weighted by molar-refractivity contribution is -0.139. The highest BCUT2D eigenvalue weighted by Gasteiger charge is 2.26. The number of carbonyl (C=O) groups excluding carboxylic acids is 3. The van der Waals surface area contributed by atoms with Gasteiger partial charge in [-0.3, -0.25) is 25.2 Å². The van der Waals surface area contributed by atoms with Crippen molar-refractivity contribution in [2.75, 3.05) is 7.11 Å². The molecule has 3 amide bonds.